The smallest absolute Gasteiger partial charge is 0.412 e. The van der Waals surface area contributed by atoms with Gasteiger partial charge in [0.05, 0.1) is 11.4 Å². The van der Waals surface area contributed by atoms with Gasteiger partial charge in [0.25, 0.3) is 5.91 Å². The number of benzene rings is 2. The van der Waals surface area contributed by atoms with Crippen molar-refractivity contribution in [3.05, 3.63) is 83.2 Å². The molecule has 0 aliphatic rings. The van der Waals surface area contributed by atoms with Crippen LogP contribution in [0.2, 0.25) is 0 Å². The summed E-state index contributed by atoms with van der Waals surface area (Å²) in [5.74, 6) is -0.432. The van der Waals surface area contributed by atoms with Crippen molar-refractivity contribution in [1.82, 2.24) is 14.8 Å². The first-order valence-electron chi connectivity index (χ1n) is 15.1. The largest absolute Gasteiger partial charge is 0.444 e. The Balaban J connectivity index is 1.69. The molecule has 0 radical (unpaired) electrons. The number of amides is 4. The quantitative estimate of drug-likeness (QED) is 0.204. The van der Waals surface area contributed by atoms with Crippen LogP contribution in [0.4, 0.5) is 26.7 Å². The maximum absolute atomic E-state index is 13.4. The zero-order valence-corrected chi connectivity index (χ0v) is 27.0. The number of nitrogens with zero attached hydrogens (tertiary/aromatic N) is 3. The zero-order valence-electron chi connectivity index (χ0n) is 27.0. The third-order valence-electron chi connectivity index (χ3n) is 7.08. The summed E-state index contributed by atoms with van der Waals surface area (Å²) in [6, 6.07) is 16.0. The van der Waals surface area contributed by atoms with Gasteiger partial charge >= 0.3 is 12.1 Å². The number of anilines is 3. The molecule has 1 heterocycles. The first-order chi connectivity index (χ1) is 20.9. The number of pyridine rings is 1. The Morgan fingerprint density at radius 2 is 1.52 bits per heavy atom. The molecule has 10 heteroatoms. The van der Waals surface area contributed by atoms with Crippen molar-refractivity contribution in [2.45, 2.75) is 67.0 Å². The van der Waals surface area contributed by atoms with Crippen LogP contribution in [0.3, 0.4) is 0 Å². The normalized spacial score (nSPS) is 11.2. The van der Waals surface area contributed by atoms with Crippen molar-refractivity contribution >= 4 is 35.1 Å². The monoisotopic (exact) mass is 602 g/mol. The zero-order chi connectivity index (χ0) is 32.3. The summed E-state index contributed by atoms with van der Waals surface area (Å²) < 4.78 is 5.33. The van der Waals surface area contributed by atoms with Crippen LogP contribution in [0, 0.1) is 13.8 Å². The number of para-hydroxylation sites is 2. The molecule has 2 aromatic carbocycles. The number of hydrogen-bond acceptors (Lipinski definition) is 6. The SMILES string of the molecule is CCN(CC)CCCN(Cc1ccc(C(=O)Nc2ccccc2NC(=O)OC(C)(C)C)nc1)C(=O)Nc1ccc(C)c(C)c1. The average molecular weight is 603 g/mol. The second kappa shape index (κ2) is 15.9. The molecule has 0 unspecified atom stereocenters. The number of carbonyl (C=O) groups excluding carboxylic acids is 3. The van der Waals surface area contributed by atoms with Crippen molar-refractivity contribution < 1.29 is 19.1 Å². The summed E-state index contributed by atoms with van der Waals surface area (Å²) in [5.41, 5.74) is 4.18. The van der Waals surface area contributed by atoms with Gasteiger partial charge in [-0.25, -0.2) is 9.59 Å². The van der Waals surface area contributed by atoms with E-state index in [1.807, 2.05) is 32.0 Å². The molecule has 236 valence electrons. The summed E-state index contributed by atoms with van der Waals surface area (Å²) >= 11 is 0. The van der Waals surface area contributed by atoms with E-state index in [2.05, 4.69) is 39.7 Å². The fraction of sp³-hybridized carbons (Fsp3) is 0.412. The molecule has 10 nitrogen and oxygen atoms in total. The molecular formula is C34H46N6O4. The van der Waals surface area contributed by atoms with Crippen LogP contribution in [0.25, 0.3) is 0 Å². The van der Waals surface area contributed by atoms with Gasteiger partial charge in [-0.3, -0.25) is 15.1 Å². The van der Waals surface area contributed by atoms with Crippen LogP contribution in [0.5, 0.6) is 0 Å². The molecule has 3 aromatic rings. The van der Waals surface area contributed by atoms with Gasteiger partial charge in [0.2, 0.25) is 0 Å². The standard InChI is InChI=1S/C34H46N6O4/c1-8-39(9-2)19-12-20-40(32(42)36-27-17-15-24(3)25(4)21-27)23-26-16-18-30(35-22-26)31(41)37-28-13-10-11-14-29(28)38-33(43)44-34(5,6)7/h10-11,13-18,21-22H,8-9,12,19-20,23H2,1-7H3,(H,36,42)(H,37,41)(H,38,43). The van der Waals surface area contributed by atoms with Crippen molar-refractivity contribution in [3.63, 3.8) is 0 Å². The summed E-state index contributed by atoms with van der Waals surface area (Å²) in [7, 11) is 0. The Kier molecular flexibility index (Phi) is 12.3. The molecule has 0 saturated heterocycles. The highest BCUT2D eigenvalue weighted by Gasteiger charge is 2.19. The summed E-state index contributed by atoms with van der Waals surface area (Å²) in [6.45, 7) is 17.4. The minimum atomic E-state index is -0.657. The summed E-state index contributed by atoms with van der Waals surface area (Å²) in [4.78, 5) is 47.2. The lowest BCUT2D eigenvalue weighted by molar-refractivity contribution is 0.0635. The lowest BCUT2D eigenvalue weighted by Crippen LogP contribution is -2.37. The van der Waals surface area contributed by atoms with Crippen LogP contribution < -0.4 is 16.0 Å². The third kappa shape index (κ3) is 10.7. The molecule has 4 amide bonds. The van der Waals surface area contributed by atoms with E-state index in [1.165, 1.54) is 0 Å². The van der Waals surface area contributed by atoms with Crippen molar-refractivity contribution in [2.75, 3.05) is 42.1 Å². The number of aromatic nitrogens is 1. The Morgan fingerprint density at radius 3 is 2.11 bits per heavy atom. The molecule has 3 N–H and O–H groups in total. The van der Waals surface area contributed by atoms with Gasteiger partial charge in [0.15, 0.2) is 0 Å². The highest BCUT2D eigenvalue weighted by molar-refractivity contribution is 6.05. The van der Waals surface area contributed by atoms with Gasteiger partial charge in [-0.15, -0.1) is 0 Å². The average Bonchev–Trinajstić information content (AvgIpc) is 2.97. The lowest BCUT2D eigenvalue weighted by atomic mass is 10.1. The maximum atomic E-state index is 13.4. The van der Waals surface area contributed by atoms with Crippen LogP contribution in [0.1, 0.15) is 68.2 Å². The Hall–Kier alpha value is -4.44. The maximum Gasteiger partial charge on any atom is 0.412 e. The Labute approximate surface area is 261 Å². The highest BCUT2D eigenvalue weighted by atomic mass is 16.6. The topological polar surface area (TPSA) is 116 Å². The predicted molar refractivity (Wildman–Crippen MR) is 176 cm³/mol. The van der Waals surface area contributed by atoms with Gasteiger partial charge in [0, 0.05) is 25.0 Å². The van der Waals surface area contributed by atoms with Crippen LogP contribution in [-0.4, -0.2) is 64.6 Å². The molecule has 0 spiro atoms. The summed E-state index contributed by atoms with van der Waals surface area (Å²) in [5, 5.41) is 8.52. The van der Waals surface area contributed by atoms with Gasteiger partial charge in [0.1, 0.15) is 11.3 Å². The molecule has 44 heavy (non-hydrogen) atoms. The number of hydrogen-bond donors (Lipinski definition) is 3. The van der Waals surface area contributed by atoms with Crippen LogP contribution >= 0.6 is 0 Å². The number of ether oxygens (including phenoxy) is 1. The second-order valence-electron chi connectivity index (χ2n) is 11.7. The van der Waals surface area contributed by atoms with Gasteiger partial charge < -0.3 is 25.2 Å². The van der Waals surface area contributed by atoms with Crippen LogP contribution in [0.15, 0.2) is 60.8 Å². The Morgan fingerprint density at radius 1 is 0.841 bits per heavy atom. The molecular weight excluding hydrogens is 556 g/mol. The number of rotatable bonds is 12. The molecule has 0 saturated carbocycles. The van der Waals surface area contributed by atoms with E-state index in [4.69, 9.17) is 4.74 Å². The van der Waals surface area contributed by atoms with Crippen molar-refractivity contribution in [1.29, 1.82) is 0 Å². The van der Waals surface area contributed by atoms with E-state index in [0.29, 0.717) is 24.5 Å². The molecule has 0 atom stereocenters. The highest BCUT2D eigenvalue weighted by Crippen LogP contribution is 2.23. The van der Waals surface area contributed by atoms with Crippen LogP contribution in [-0.2, 0) is 11.3 Å². The molecule has 0 bridgehead atoms. The molecule has 0 aliphatic carbocycles. The van der Waals surface area contributed by atoms with E-state index < -0.39 is 17.6 Å². The Bertz CT molecular complexity index is 1410. The van der Waals surface area contributed by atoms with E-state index in [9.17, 15) is 14.4 Å². The third-order valence-corrected chi connectivity index (χ3v) is 7.08. The minimum absolute atomic E-state index is 0.191. The second-order valence-corrected chi connectivity index (χ2v) is 11.7. The minimum Gasteiger partial charge on any atom is -0.444 e. The number of nitrogens with one attached hydrogen (secondary N) is 3. The lowest BCUT2D eigenvalue weighted by Gasteiger charge is -2.25. The number of carbonyl (C=O) groups is 3. The first-order valence-corrected chi connectivity index (χ1v) is 15.1. The molecule has 0 fully saturated rings. The molecule has 0 aliphatic heterocycles. The fourth-order valence-electron chi connectivity index (χ4n) is 4.47. The summed E-state index contributed by atoms with van der Waals surface area (Å²) in [6.07, 6.45) is 1.82. The number of aryl methyl sites for hydroxylation is 2. The predicted octanol–water partition coefficient (Wildman–Crippen LogP) is 7.06. The van der Waals surface area contributed by atoms with Gasteiger partial charge in [-0.05, 0) is 108 Å². The van der Waals surface area contributed by atoms with Crippen molar-refractivity contribution in [3.8, 4) is 0 Å². The van der Waals surface area contributed by atoms with E-state index in [1.54, 1.807) is 68.3 Å². The first kappa shape index (κ1) is 34.1. The molecule has 1 aromatic heterocycles. The van der Waals surface area contributed by atoms with Gasteiger partial charge in [-0.2, -0.15) is 0 Å². The van der Waals surface area contributed by atoms with E-state index in [0.717, 1.165) is 48.4 Å². The fourth-order valence-corrected chi connectivity index (χ4v) is 4.47. The van der Waals surface area contributed by atoms with E-state index in [-0.39, 0.29) is 11.7 Å². The number of urea groups is 1. The van der Waals surface area contributed by atoms with Crippen molar-refractivity contribution in [2.24, 2.45) is 0 Å². The van der Waals surface area contributed by atoms with E-state index >= 15 is 0 Å². The molecule has 3 rings (SSSR count). The van der Waals surface area contributed by atoms with Gasteiger partial charge in [-0.1, -0.05) is 38.1 Å².